The fourth-order valence-electron chi connectivity index (χ4n) is 2.13. The zero-order valence-corrected chi connectivity index (χ0v) is 12.3. The third kappa shape index (κ3) is 3.77. The quantitative estimate of drug-likeness (QED) is 0.752. The maximum Gasteiger partial charge on any atom is 0.371 e. The molecule has 1 N–H and O–H groups in total. The standard InChI is InChI=1S/C18H15NO4/c20-18(21)17-9-8-16(23-17)15-7-6-14(12-19-15)22-11-10-13-4-2-1-3-5-13/h1-9,12H,10-11H2,(H,20,21). The molecule has 1 aromatic carbocycles. The fraction of sp³-hybridized carbons (Fsp3) is 0.111. The number of nitrogens with zero attached hydrogens (tertiary/aromatic N) is 1. The van der Waals surface area contributed by atoms with E-state index in [1.165, 1.54) is 11.6 Å². The topological polar surface area (TPSA) is 72.6 Å². The van der Waals surface area contributed by atoms with Gasteiger partial charge in [0, 0.05) is 6.42 Å². The van der Waals surface area contributed by atoms with Crippen molar-refractivity contribution in [1.29, 1.82) is 0 Å². The first-order valence-electron chi connectivity index (χ1n) is 7.18. The Morgan fingerprint density at radius 2 is 1.91 bits per heavy atom. The molecule has 0 saturated carbocycles. The number of carboxylic acids is 1. The second kappa shape index (κ2) is 6.79. The largest absolute Gasteiger partial charge is 0.492 e. The predicted octanol–water partition coefficient (Wildman–Crippen LogP) is 3.66. The number of carbonyl (C=O) groups is 1. The van der Waals surface area contributed by atoms with E-state index in [0.29, 0.717) is 23.8 Å². The van der Waals surface area contributed by atoms with Crippen molar-refractivity contribution in [1.82, 2.24) is 4.98 Å². The Labute approximate surface area is 133 Å². The van der Waals surface area contributed by atoms with Gasteiger partial charge in [0.05, 0.1) is 12.8 Å². The van der Waals surface area contributed by atoms with Gasteiger partial charge in [0.1, 0.15) is 11.4 Å². The van der Waals surface area contributed by atoms with Crippen LogP contribution in [-0.4, -0.2) is 22.7 Å². The minimum atomic E-state index is -1.10. The van der Waals surface area contributed by atoms with E-state index in [2.05, 4.69) is 17.1 Å². The summed E-state index contributed by atoms with van der Waals surface area (Å²) in [7, 11) is 0. The first-order chi connectivity index (χ1) is 11.2. The number of ether oxygens (including phenoxy) is 1. The van der Waals surface area contributed by atoms with Crippen LogP contribution >= 0.6 is 0 Å². The van der Waals surface area contributed by atoms with Crippen molar-refractivity contribution in [3.63, 3.8) is 0 Å². The van der Waals surface area contributed by atoms with Gasteiger partial charge in [0.2, 0.25) is 5.76 Å². The lowest BCUT2D eigenvalue weighted by atomic mass is 10.2. The Kier molecular flexibility index (Phi) is 4.38. The van der Waals surface area contributed by atoms with Crippen molar-refractivity contribution in [2.24, 2.45) is 0 Å². The summed E-state index contributed by atoms with van der Waals surface area (Å²) in [6.45, 7) is 0.564. The number of furan rings is 1. The van der Waals surface area contributed by atoms with Crippen LogP contribution in [0.1, 0.15) is 16.1 Å². The van der Waals surface area contributed by atoms with Crippen molar-refractivity contribution in [3.8, 4) is 17.2 Å². The van der Waals surface area contributed by atoms with Crippen LogP contribution in [0.2, 0.25) is 0 Å². The number of aromatic carboxylic acids is 1. The van der Waals surface area contributed by atoms with E-state index in [1.54, 1.807) is 24.4 Å². The van der Waals surface area contributed by atoms with Crippen molar-refractivity contribution < 1.29 is 19.1 Å². The number of benzene rings is 1. The SMILES string of the molecule is O=C(O)c1ccc(-c2ccc(OCCc3ccccc3)cn2)o1. The van der Waals surface area contributed by atoms with E-state index >= 15 is 0 Å². The molecule has 3 aromatic rings. The lowest BCUT2D eigenvalue weighted by Gasteiger charge is -2.06. The van der Waals surface area contributed by atoms with E-state index < -0.39 is 5.97 Å². The second-order valence-corrected chi connectivity index (χ2v) is 4.93. The molecule has 0 radical (unpaired) electrons. The van der Waals surface area contributed by atoms with Crippen LogP contribution < -0.4 is 4.74 Å². The molecule has 0 aliphatic carbocycles. The van der Waals surface area contributed by atoms with Gasteiger partial charge in [-0.05, 0) is 29.8 Å². The number of rotatable bonds is 6. The van der Waals surface area contributed by atoms with Gasteiger partial charge < -0.3 is 14.3 Å². The zero-order valence-electron chi connectivity index (χ0n) is 12.3. The molecule has 0 unspecified atom stereocenters. The van der Waals surface area contributed by atoms with Crippen molar-refractivity contribution in [2.45, 2.75) is 6.42 Å². The molecule has 0 aliphatic heterocycles. The molecule has 5 nitrogen and oxygen atoms in total. The van der Waals surface area contributed by atoms with E-state index in [4.69, 9.17) is 14.3 Å². The minimum absolute atomic E-state index is 0.106. The third-order valence-electron chi connectivity index (χ3n) is 3.31. The summed E-state index contributed by atoms with van der Waals surface area (Å²) in [5.74, 6) is -0.130. The molecule has 23 heavy (non-hydrogen) atoms. The normalized spacial score (nSPS) is 10.4. The highest BCUT2D eigenvalue weighted by Crippen LogP contribution is 2.22. The molecule has 2 heterocycles. The highest BCUT2D eigenvalue weighted by atomic mass is 16.5. The Bertz CT molecular complexity index is 778. The van der Waals surface area contributed by atoms with Crippen LogP contribution in [0.25, 0.3) is 11.5 Å². The van der Waals surface area contributed by atoms with Gasteiger partial charge in [-0.1, -0.05) is 30.3 Å². The lowest BCUT2D eigenvalue weighted by molar-refractivity contribution is 0.0663. The average Bonchev–Trinajstić information content (AvgIpc) is 3.07. The average molecular weight is 309 g/mol. The van der Waals surface area contributed by atoms with Crippen LogP contribution in [0.5, 0.6) is 5.75 Å². The van der Waals surface area contributed by atoms with Gasteiger partial charge in [-0.15, -0.1) is 0 Å². The molecule has 0 bridgehead atoms. The smallest absolute Gasteiger partial charge is 0.371 e. The number of aromatic nitrogens is 1. The Morgan fingerprint density at radius 1 is 1.09 bits per heavy atom. The van der Waals surface area contributed by atoms with E-state index in [0.717, 1.165) is 6.42 Å². The molecule has 0 fully saturated rings. The van der Waals surface area contributed by atoms with Crippen LogP contribution in [-0.2, 0) is 6.42 Å². The van der Waals surface area contributed by atoms with Crippen molar-refractivity contribution >= 4 is 5.97 Å². The molecule has 0 amide bonds. The first kappa shape index (κ1) is 14.8. The molecule has 0 saturated heterocycles. The fourth-order valence-corrected chi connectivity index (χ4v) is 2.13. The lowest BCUT2D eigenvalue weighted by Crippen LogP contribution is -2.01. The molecule has 116 valence electrons. The molecule has 3 rings (SSSR count). The monoisotopic (exact) mass is 309 g/mol. The molecule has 0 atom stereocenters. The van der Waals surface area contributed by atoms with Gasteiger partial charge in [-0.25, -0.2) is 9.78 Å². The predicted molar refractivity (Wildman–Crippen MR) is 84.5 cm³/mol. The zero-order chi connectivity index (χ0) is 16.1. The first-order valence-corrected chi connectivity index (χ1v) is 7.18. The van der Waals surface area contributed by atoms with E-state index in [-0.39, 0.29) is 5.76 Å². The number of hydrogen-bond donors (Lipinski definition) is 1. The van der Waals surface area contributed by atoms with E-state index in [1.807, 2.05) is 18.2 Å². The second-order valence-electron chi connectivity index (χ2n) is 4.93. The Morgan fingerprint density at radius 3 is 2.57 bits per heavy atom. The van der Waals surface area contributed by atoms with Crippen LogP contribution in [0.4, 0.5) is 0 Å². The summed E-state index contributed by atoms with van der Waals surface area (Å²) in [6, 6.07) is 16.6. The van der Waals surface area contributed by atoms with Gasteiger partial charge in [-0.3, -0.25) is 0 Å². The Hall–Kier alpha value is -3.08. The highest BCUT2D eigenvalue weighted by molar-refractivity contribution is 5.85. The Balaban J connectivity index is 1.59. The number of hydrogen-bond acceptors (Lipinski definition) is 4. The third-order valence-corrected chi connectivity index (χ3v) is 3.31. The molecule has 0 aliphatic rings. The summed E-state index contributed by atoms with van der Waals surface area (Å²) in [6.07, 6.45) is 2.42. The van der Waals surface area contributed by atoms with Gasteiger partial charge in [0.25, 0.3) is 0 Å². The maximum atomic E-state index is 10.8. The van der Waals surface area contributed by atoms with Gasteiger partial charge in [0.15, 0.2) is 5.76 Å². The van der Waals surface area contributed by atoms with Crippen LogP contribution in [0, 0.1) is 0 Å². The maximum absolute atomic E-state index is 10.8. The summed E-state index contributed by atoms with van der Waals surface area (Å²) in [5.41, 5.74) is 1.78. The molecule has 2 aromatic heterocycles. The minimum Gasteiger partial charge on any atom is -0.492 e. The van der Waals surface area contributed by atoms with Crippen LogP contribution in [0.3, 0.4) is 0 Å². The van der Waals surface area contributed by atoms with Gasteiger partial charge >= 0.3 is 5.97 Å². The molecular formula is C18H15NO4. The number of pyridine rings is 1. The van der Waals surface area contributed by atoms with Crippen molar-refractivity contribution in [3.05, 3.63) is 72.1 Å². The summed E-state index contributed by atoms with van der Waals surface area (Å²) >= 11 is 0. The van der Waals surface area contributed by atoms with E-state index in [9.17, 15) is 4.79 Å². The summed E-state index contributed by atoms with van der Waals surface area (Å²) in [4.78, 5) is 15.0. The van der Waals surface area contributed by atoms with Crippen LogP contribution in [0.15, 0.2) is 65.2 Å². The van der Waals surface area contributed by atoms with Gasteiger partial charge in [-0.2, -0.15) is 0 Å². The number of carboxylic acid groups (broad SMARTS) is 1. The summed E-state index contributed by atoms with van der Waals surface area (Å²) < 4.78 is 10.9. The summed E-state index contributed by atoms with van der Waals surface area (Å²) in [5, 5.41) is 8.85. The highest BCUT2D eigenvalue weighted by Gasteiger charge is 2.11. The molecule has 0 spiro atoms. The molecule has 5 heteroatoms. The molecular weight excluding hydrogens is 294 g/mol. The van der Waals surface area contributed by atoms with Crippen molar-refractivity contribution in [2.75, 3.05) is 6.61 Å².